The van der Waals surface area contributed by atoms with Gasteiger partial charge in [-0.15, -0.1) is 0 Å². The monoisotopic (exact) mass is 650 g/mol. The summed E-state index contributed by atoms with van der Waals surface area (Å²) in [5, 5.41) is 13.6. The maximum absolute atomic E-state index is 11.9. The molecule has 0 aromatic heterocycles. The number of benzene rings is 1. The van der Waals surface area contributed by atoms with Gasteiger partial charge in [0, 0.05) is 31.7 Å². The maximum atomic E-state index is 11.9. The first-order valence-corrected chi connectivity index (χ1v) is 20.2. The van der Waals surface area contributed by atoms with E-state index in [1.807, 2.05) is 12.1 Å². The van der Waals surface area contributed by atoms with Crippen LogP contribution in [-0.4, -0.2) is 67.6 Å². The summed E-state index contributed by atoms with van der Waals surface area (Å²) in [6, 6.07) is 7.59. The number of sulfone groups is 1. The second kappa shape index (κ2) is 11.2. The Balaban J connectivity index is 1.10. The summed E-state index contributed by atoms with van der Waals surface area (Å²) < 4.78 is 23.9. The van der Waals surface area contributed by atoms with Crippen LogP contribution in [0.25, 0.3) is 5.57 Å². The molecule has 1 aromatic rings. The molecule has 6 unspecified atom stereocenters. The van der Waals surface area contributed by atoms with E-state index in [1.165, 1.54) is 68.9 Å². The Morgan fingerprint density at radius 3 is 2.28 bits per heavy atom. The van der Waals surface area contributed by atoms with Gasteiger partial charge in [0.2, 0.25) is 0 Å². The van der Waals surface area contributed by atoms with E-state index in [0.717, 1.165) is 31.3 Å². The summed E-state index contributed by atoms with van der Waals surface area (Å²) in [6.45, 7) is 16.3. The van der Waals surface area contributed by atoms with Crippen molar-refractivity contribution < 1.29 is 18.3 Å². The van der Waals surface area contributed by atoms with E-state index in [1.54, 1.807) is 12.1 Å². The molecule has 7 rings (SSSR count). The SMILES string of the molecule is CC1(C)C(c2ccc(C(=O)O)cc2)=CCC2(C)C1CCC1(C)C2CCC2[C@H]3CCCC3(NCCN3CCS(=O)(=O)CC3)CC[C@]21C. The first kappa shape index (κ1) is 32.8. The summed E-state index contributed by atoms with van der Waals surface area (Å²) in [7, 11) is -2.83. The van der Waals surface area contributed by atoms with E-state index in [0.29, 0.717) is 52.8 Å². The Bertz CT molecular complexity index is 1490. The third-order valence-electron chi connectivity index (χ3n) is 15.7. The van der Waals surface area contributed by atoms with Gasteiger partial charge in [-0.3, -0.25) is 0 Å². The minimum Gasteiger partial charge on any atom is -0.478 e. The molecule has 4 saturated carbocycles. The van der Waals surface area contributed by atoms with Crippen molar-refractivity contribution in [2.24, 2.45) is 45.3 Å². The summed E-state index contributed by atoms with van der Waals surface area (Å²) in [5.41, 5.74) is 4.19. The number of carbonyl (C=O) groups is 1. The molecule has 5 aliphatic carbocycles. The van der Waals surface area contributed by atoms with Crippen molar-refractivity contribution in [1.29, 1.82) is 0 Å². The van der Waals surface area contributed by atoms with Gasteiger partial charge < -0.3 is 15.3 Å². The van der Waals surface area contributed by atoms with E-state index in [4.69, 9.17) is 0 Å². The van der Waals surface area contributed by atoms with Crippen LogP contribution in [0.5, 0.6) is 0 Å². The van der Waals surface area contributed by atoms with Crippen LogP contribution < -0.4 is 5.32 Å². The van der Waals surface area contributed by atoms with Crippen molar-refractivity contribution in [1.82, 2.24) is 10.2 Å². The highest BCUT2D eigenvalue weighted by Gasteiger charge is 2.69. The lowest BCUT2D eigenvalue weighted by atomic mass is 9.33. The van der Waals surface area contributed by atoms with Gasteiger partial charge >= 0.3 is 5.97 Å². The summed E-state index contributed by atoms with van der Waals surface area (Å²) in [5.74, 6) is 2.61. The van der Waals surface area contributed by atoms with E-state index in [-0.39, 0.29) is 16.4 Å². The second-order valence-electron chi connectivity index (χ2n) is 17.7. The third-order valence-corrected chi connectivity index (χ3v) is 17.3. The van der Waals surface area contributed by atoms with Gasteiger partial charge in [-0.1, -0.05) is 59.2 Å². The van der Waals surface area contributed by atoms with Crippen molar-refractivity contribution in [3.05, 3.63) is 41.5 Å². The summed E-state index contributed by atoms with van der Waals surface area (Å²) in [6.07, 6.45) is 15.5. The number of carboxylic acids is 1. The number of allylic oxidation sites excluding steroid dienone is 2. The molecule has 6 nitrogen and oxygen atoms in total. The first-order chi connectivity index (χ1) is 21.7. The van der Waals surface area contributed by atoms with Crippen LogP contribution in [0.2, 0.25) is 0 Å². The number of carboxylic acid groups (broad SMARTS) is 1. The lowest BCUT2D eigenvalue weighted by molar-refractivity contribution is -0.217. The van der Waals surface area contributed by atoms with E-state index in [9.17, 15) is 18.3 Å². The molecule has 8 atom stereocenters. The lowest BCUT2D eigenvalue weighted by Gasteiger charge is -2.72. The van der Waals surface area contributed by atoms with E-state index < -0.39 is 15.8 Å². The molecule has 46 heavy (non-hydrogen) atoms. The highest BCUT2D eigenvalue weighted by molar-refractivity contribution is 7.91. The van der Waals surface area contributed by atoms with Crippen LogP contribution in [0.3, 0.4) is 0 Å². The summed E-state index contributed by atoms with van der Waals surface area (Å²) >= 11 is 0. The van der Waals surface area contributed by atoms with Gasteiger partial charge in [-0.2, -0.15) is 0 Å². The van der Waals surface area contributed by atoms with E-state index >= 15 is 0 Å². The zero-order valence-electron chi connectivity index (χ0n) is 29.0. The fourth-order valence-electron chi connectivity index (χ4n) is 13.2. The van der Waals surface area contributed by atoms with Gasteiger partial charge in [0.25, 0.3) is 0 Å². The Morgan fingerprint density at radius 2 is 1.59 bits per heavy atom. The molecule has 5 fully saturated rings. The predicted molar refractivity (Wildman–Crippen MR) is 185 cm³/mol. The third kappa shape index (κ3) is 4.90. The highest BCUT2D eigenvalue weighted by atomic mass is 32.2. The van der Waals surface area contributed by atoms with E-state index in [2.05, 4.69) is 50.9 Å². The van der Waals surface area contributed by atoms with Crippen LogP contribution in [0.15, 0.2) is 30.3 Å². The first-order valence-electron chi connectivity index (χ1n) is 18.4. The van der Waals surface area contributed by atoms with Crippen molar-refractivity contribution >= 4 is 21.4 Å². The van der Waals surface area contributed by atoms with Gasteiger partial charge in [0.1, 0.15) is 0 Å². The molecule has 254 valence electrons. The van der Waals surface area contributed by atoms with Gasteiger partial charge in [-0.05, 0) is 126 Å². The summed E-state index contributed by atoms with van der Waals surface area (Å²) in [4.78, 5) is 13.9. The number of nitrogens with zero attached hydrogens (tertiary/aromatic N) is 1. The number of rotatable bonds is 6. The normalized spacial score (nSPS) is 43.0. The fraction of sp³-hybridized carbons (Fsp3) is 0.769. The molecule has 1 aliphatic heterocycles. The Labute approximate surface area is 278 Å². The zero-order valence-corrected chi connectivity index (χ0v) is 29.9. The standard InChI is InChI=1S/C39H58N2O4S/c1-35(2)29(27-8-10-28(11-9-27)34(42)43)14-17-36(3)32(35)15-18-38(5)33(36)13-12-30-31-7-6-16-39(31,20-19-37(30,38)4)40-21-22-41-23-25-46(44,45)26-24-41/h8-11,14,30-33,40H,6-7,12-13,15-26H2,1-5H3,(H,42,43)/t30?,31-,32?,33?,36?,37-,38?,39?/m1/s1. The smallest absolute Gasteiger partial charge is 0.335 e. The highest BCUT2D eigenvalue weighted by Crippen LogP contribution is 2.76. The van der Waals surface area contributed by atoms with Crippen molar-refractivity contribution in [2.45, 2.75) is 104 Å². The number of hydrogen-bond donors (Lipinski definition) is 2. The van der Waals surface area contributed by atoms with Crippen LogP contribution >= 0.6 is 0 Å². The number of aromatic carboxylic acids is 1. The van der Waals surface area contributed by atoms with Crippen molar-refractivity contribution in [2.75, 3.05) is 37.7 Å². The molecule has 1 aromatic carbocycles. The Morgan fingerprint density at radius 1 is 0.870 bits per heavy atom. The van der Waals surface area contributed by atoms with Gasteiger partial charge in [0.15, 0.2) is 9.84 Å². The molecule has 1 saturated heterocycles. The molecule has 7 heteroatoms. The zero-order chi connectivity index (χ0) is 32.8. The molecule has 0 amide bonds. The Hall–Kier alpha value is -1.70. The predicted octanol–water partition coefficient (Wildman–Crippen LogP) is 7.31. The molecular formula is C39H58N2O4S. The second-order valence-corrected chi connectivity index (χ2v) is 20.0. The molecule has 0 radical (unpaired) electrons. The van der Waals surface area contributed by atoms with Crippen LogP contribution in [0, 0.1) is 45.3 Å². The Kier molecular flexibility index (Phi) is 7.97. The largest absolute Gasteiger partial charge is 0.478 e. The fourth-order valence-corrected chi connectivity index (χ4v) is 14.5. The maximum Gasteiger partial charge on any atom is 0.335 e. The average Bonchev–Trinajstić information content (AvgIpc) is 3.42. The number of nitrogens with one attached hydrogen (secondary N) is 1. The minimum atomic E-state index is -2.83. The molecule has 2 N–H and O–H groups in total. The molecule has 0 spiro atoms. The van der Waals surface area contributed by atoms with Gasteiger partial charge in [0.05, 0.1) is 17.1 Å². The molecule has 6 aliphatic rings. The van der Waals surface area contributed by atoms with Crippen LogP contribution in [0.4, 0.5) is 0 Å². The molecular weight excluding hydrogens is 593 g/mol. The van der Waals surface area contributed by atoms with Crippen molar-refractivity contribution in [3.63, 3.8) is 0 Å². The molecule has 0 bridgehead atoms. The van der Waals surface area contributed by atoms with Crippen LogP contribution in [0.1, 0.15) is 115 Å². The minimum absolute atomic E-state index is 0.0342. The average molecular weight is 651 g/mol. The van der Waals surface area contributed by atoms with Crippen molar-refractivity contribution in [3.8, 4) is 0 Å². The number of fused-ring (bicyclic) bond motifs is 7. The quantitative estimate of drug-likeness (QED) is 0.336. The van der Waals surface area contributed by atoms with Gasteiger partial charge in [-0.25, -0.2) is 13.2 Å². The lowest BCUT2D eigenvalue weighted by Crippen LogP contribution is -2.67. The number of hydrogen-bond acceptors (Lipinski definition) is 5. The molecule has 1 heterocycles. The van der Waals surface area contributed by atoms with Crippen LogP contribution in [-0.2, 0) is 9.84 Å². The topological polar surface area (TPSA) is 86.7 Å².